The summed E-state index contributed by atoms with van der Waals surface area (Å²) in [5.74, 6) is 0.0460. The minimum atomic E-state index is -0.251. The van der Waals surface area contributed by atoms with Crippen molar-refractivity contribution in [3.05, 3.63) is 30.3 Å². The molecule has 1 aromatic carbocycles. The first kappa shape index (κ1) is 17.7. The first-order valence-electron chi connectivity index (χ1n) is 7.69. The number of amides is 1. The Morgan fingerprint density at radius 1 is 1.33 bits per heavy atom. The molecule has 0 saturated carbocycles. The highest BCUT2D eigenvalue weighted by Crippen LogP contribution is 2.12. The van der Waals surface area contributed by atoms with E-state index < -0.39 is 0 Å². The van der Waals surface area contributed by atoms with Crippen molar-refractivity contribution in [2.45, 2.75) is 52.1 Å². The first-order chi connectivity index (χ1) is 9.81. The van der Waals surface area contributed by atoms with Gasteiger partial charge in [-0.1, -0.05) is 25.1 Å². The molecule has 0 aliphatic carbocycles. The zero-order chi connectivity index (χ0) is 15.9. The summed E-state index contributed by atoms with van der Waals surface area (Å²) in [5.41, 5.74) is 6.71. The number of rotatable bonds is 8. The number of para-hydroxylation sites is 1. The monoisotopic (exact) mass is 291 g/mol. The van der Waals surface area contributed by atoms with E-state index >= 15 is 0 Å². The zero-order valence-corrected chi connectivity index (χ0v) is 13.7. The summed E-state index contributed by atoms with van der Waals surface area (Å²) >= 11 is 0. The lowest BCUT2D eigenvalue weighted by molar-refractivity contribution is -0.117. The van der Waals surface area contributed by atoms with Gasteiger partial charge in [0.2, 0.25) is 5.91 Å². The van der Waals surface area contributed by atoms with E-state index in [1.807, 2.05) is 44.2 Å². The Morgan fingerprint density at radius 3 is 2.48 bits per heavy atom. The molecule has 1 atom stereocenters. The van der Waals surface area contributed by atoms with Crippen molar-refractivity contribution >= 4 is 11.6 Å². The molecule has 4 heteroatoms. The van der Waals surface area contributed by atoms with Crippen molar-refractivity contribution in [3.8, 4) is 0 Å². The van der Waals surface area contributed by atoms with Gasteiger partial charge in [0.05, 0.1) is 0 Å². The number of nitrogens with one attached hydrogen (secondary N) is 1. The number of hydrogen-bond acceptors (Lipinski definition) is 3. The molecule has 1 rings (SSSR count). The van der Waals surface area contributed by atoms with Crippen LogP contribution in [0.2, 0.25) is 0 Å². The summed E-state index contributed by atoms with van der Waals surface area (Å²) in [4.78, 5) is 14.4. The van der Waals surface area contributed by atoms with Crippen LogP contribution in [-0.2, 0) is 4.79 Å². The summed E-state index contributed by atoms with van der Waals surface area (Å²) in [6.07, 6.45) is 1.53. The Balaban J connectivity index is 2.55. The van der Waals surface area contributed by atoms with Crippen molar-refractivity contribution in [3.63, 3.8) is 0 Å². The van der Waals surface area contributed by atoms with Crippen molar-refractivity contribution in [2.75, 3.05) is 18.4 Å². The van der Waals surface area contributed by atoms with E-state index in [1.165, 1.54) is 0 Å². The maximum absolute atomic E-state index is 12.1. The SMILES string of the molecule is CCCN(CC(C)(C)N)C(C)CC(=O)Nc1ccccc1. The Kier molecular flexibility index (Phi) is 6.85. The highest BCUT2D eigenvalue weighted by atomic mass is 16.1. The summed E-state index contributed by atoms with van der Waals surface area (Å²) in [6.45, 7) is 10.0. The number of hydrogen-bond donors (Lipinski definition) is 2. The molecule has 0 aliphatic heterocycles. The third-order valence-electron chi connectivity index (χ3n) is 3.28. The van der Waals surface area contributed by atoms with Crippen molar-refractivity contribution in [2.24, 2.45) is 5.73 Å². The largest absolute Gasteiger partial charge is 0.326 e. The van der Waals surface area contributed by atoms with Crippen LogP contribution in [0.25, 0.3) is 0 Å². The topological polar surface area (TPSA) is 58.4 Å². The molecule has 0 aliphatic rings. The fourth-order valence-electron chi connectivity index (χ4n) is 2.40. The van der Waals surface area contributed by atoms with Crippen molar-refractivity contribution < 1.29 is 4.79 Å². The molecule has 1 aromatic rings. The number of nitrogens with zero attached hydrogens (tertiary/aromatic N) is 1. The molecule has 0 heterocycles. The molecule has 0 saturated heterocycles. The number of carbonyl (C=O) groups excluding carboxylic acids is 1. The molecule has 1 amide bonds. The van der Waals surface area contributed by atoms with E-state index in [2.05, 4.69) is 24.1 Å². The predicted molar refractivity (Wildman–Crippen MR) is 89.3 cm³/mol. The molecule has 4 nitrogen and oxygen atoms in total. The lowest BCUT2D eigenvalue weighted by Gasteiger charge is -2.34. The summed E-state index contributed by atoms with van der Waals surface area (Å²) < 4.78 is 0. The van der Waals surface area contributed by atoms with E-state index in [-0.39, 0.29) is 17.5 Å². The third-order valence-corrected chi connectivity index (χ3v) is 3.28. The second kappa shape index (κ2) is 8.15. The van der Waals surface area contributed by atoms with Crippen molar-refractivity contribution in [1.29, 1.82) is 0 Å². The van der Waals surface area contributed by atoms with Crippen LogP contribution in [-0.4, -0.2) is 35.5 Å². The molecule has 0 fully saturated rings. The Labute approximate surface area is 128 Å². The van der Waals surface area contributed by atoms with Gasteiger partial charge in [-0.25, -0.2) is 0 Å². The van der Waals surface area contributed by atoms with Crippen LogP contribution in [0, 0.1) is 0 Å². The summed E-state index contributed by atoms with van der Waals surface area (Å²) in [7, 11) is 0. The van der Waals surface area contributed by atoms with E-state index in [4.69, 9.17) is 5.73 Å². The maximum atomic E-state index is 12.1. The summed E-state index contributed by atoms with van der Waals surface area (Å²) in [5, 5.41) is 2.94. The minimum Gasteiger partial charge on any atom is -0.326 e. The van der Waals surface area contributed by atoms with E-state index in [0.717, 1.165) is 25.2 Å². The molecule has 0 spiro atoms. The molecule has 0 radical (unpaired) electrons. The van der Waals surface area contributed by atoms with Gasteiger partial charge < -0.3 is 11.1 Å². The van der Waals surface area contributed by atoms with Crippen LogP contribution >= 0.6 is 0 Å². The van der Waals surface area contributed by atoms with E-state index in [1.54, 1.807) is 0 Å². The number of nitrogens with two attached hydrogens (primary N) is 1. The maximum Gasteiger partial charge on any atom is 0.225 e. The molecule has 0 bridgehead atoms. The highest BCUT2D eigenvalue weighted by molar-refractivity contribution is 5.90. The lowest BCUT2D eigenvalue weighted by Crippen LogP contribution is -2.49. The fourth-order valence-corrected chi connectivity index (χ4v) is 2.40. The first-order valence-corrected chi connectivity index (χ1v) is 7.69. The molecular weight excluding hydrogens is 262 g/mol. The quantitative estimate of drug-likeness (QED) is 0.774. The second-order valence-corrected chi connectivity index (χ2v) is 6.43. The number of carbonyl (C=O) groups is 1. The van der Waals surface area contributed by atoms with E-state index in [9.17, 15) is 4.79 Å². The normalized spacial score (nSPS) is 13.2. The van der Waals surface area contributed by atoms with Crippen LogP contribution < -0.4 is 11.1 Å². The van der Waals surface area contributed by atoms with Crippen LogP contribution in [0.15, 0.2) is 30.3 Å². The van der Waals surface area contributed by atoms with Gasteiger partial charge in [-0.3, -0.25) is 9.69 Å². The minimum absolute atomic E-state index is 0.0460. The average molecular weight is 291 g/mol. The van der Waals surface area contributed by atoms with Gasteiger partial charge in [-0.2, -0.15) is 0 Å². The van der Waals surface area contributed by atoms with Crippen LogP contribution in [0.3, 0.4) is 0 Å². The smallest absolute Gasteiger partial charge is 0.225 e. The van der Waals surface area contributed by atoms with Gasteiger partial charge in [0, 0.05) is 30.2 Å². The van der Waals surface area contributed by atoms with E-state index in [0.29, 0.717) is 6.42 Å². The van der Waals surface area contributed by atoms with Gasteiger partial charge in [0.25, 0.3) is 0 Å². The Morgan fingerprint density at radius 2 is 1.95 bits per heavy atom. The van der Waals surface area contributed by atoms with Gasteiger partial charge in [0.15, 0.2) is 0 Å². The van der Waals surface area contributed by atoms with Gasteiger partial charge >= 0.3 is 0 Å². The summed E-state index contributed by atoms with van der Waals surface area (Å²) in [6, 6.07) is 9.74. The van der Waals surface area contributed by atoms with Crippen LogP contribution in [0.5, 0.6) is 0 Å². The molecular formula is C17H29N3O. The van der Waals surface area contributed by atoms with Gasteiger partial charge in [-0.05, 0) is 45.9 Å². The predicted octanol–water partition coefficient (Wildman–Crippen LogP) is 2.85. The third kappa shape index (κ3) is 7.25. The fraction of sp³-hybridized carbons (Fsp3) is 0.588. The Hall–Kier alpha value is -1.39. The molecule has 3 N–H and O–H groups in total. The Bertz CT molecular complexity index is 425. The number of benzene rings is 1. The van der Waals surface area contributed by atoms with Gasteiger partial charge in [0.1, 0.15) is 0 Å². The second-order valence-electron chi connectivity index (χ2n) is 6.43. The highest BCUT2D eigenvalue weighted by Gasteiger charge is 2.22. The standard InChI is InChI=1S/C17H29N3O/c1-5-11-20(13-17(3,4)18)14(2)12-16(21)19-15-9-7-6-8-10-15/h6-10,14H,5,11-13,18H2,1-4H3,(H,19,21). The van der Waals surface area contributed by atoms with Gasteiger partial charge in [-0.15, -0.1) is 0 Å². The number of anilines is 1. The molecule has 1 unspecified atom stereocenters. The van der Waals surface area contributed by atoms with Crippen LogP contribution in [0.4, 0.5) is 5.69 Å². The average Bonchev–Trinajstić information content (AvgIpc) is 2.37. The molecule has 0 aromatic heterocycles. The molecule has 21 heavy (non-hydrogen) atoms. The molecule has 118 valence electrons. The van der Waals surface area contributed by atoms with Crippen LogP contribution in [0.1, 0.15) is 40.5 Å². The zero-order valence-electron chi connectivity index (χ0n) is 13.7. The van der Waals surface area contributed by atoms with Crippen molar-refractivity contribution in [1.82, 2.24) is 4.90 Å². The lowest BCUT2D eigenvalue weighted by atomic mass is 10.0.